The van der Waals surface area contributed by atoms with Crippen LogP contribution in [-0.2, 0) is 15.6 Å². The third-order valence-corrected chi connectivity index (χ3v) is 6.74. The molecule has 1 aliphatic rings. The van der Waals surface area contributed by atoms with Crippen LogP contribution in [0.2, 0.25) is 0 Å². The van der Waals surface area contributed by atoms with Gasteiger partial charge in [0.1, 0.15) is 11.5 Å². The molecule has 3 heterocycles. The van der Waals surface area contributed by atoms with Crippen LogP contribution in [0.1, 0.15) is 16.9 Å². The molecule has 0 radical (unpaired) electrons. The molecule has 4 aromatic rings. The predicted molar refractivity (Wildman–Crippen MR) is 110 cm³/mol. The Hall–Kier alpha value is -3.59. The van der Waals surface area contributed by atoms with Crippen LogP contribution in [0, 0.1) is 13.8 Å². The molecule has 158 valence electrons. The number of aryl methyl sites for hydroxylation is 2. The van der Waals surface area contributed by atoms with E-state index in [2.05, 4.69) is 10.1 Å². The summed E-state index contributed by atoms with van der Waals surface area (Å²) >= 11 is 0. The smallest absolute Gasteiger partial charge is 0.293 e. The van der Waals surface area contributed by atoms with Crippen molar-refractivity contribution in [2.45, 2.75) is 24.5 Å². The second-order valence-electron chi connectivity index (χ2n) is 7.26. The fourth-order valence-corrected chi connectivity index (χ4v) is 4.55. The summed E-state index contributed by atoms with van der Waals surface area (Å²) in [7, 11) is -3.55. The first kappa shape index (κ1) is 19.4. The van der Waals surface area contributed by atoms with E-state index in [9.17, 15) is 8.42 Å². The summed E-state index contributed by atoms with van der Waals surface area (Å²) in [5.74, 6) is 2.10. The maximum atomic E-state index is 12.8. The molecule has 5 rings (SSSR count). The van der Waals surface area contributed by atoms with Crippen molar-refractivity contribution in [3.05, 3.63) is 65.4 Å². The van der Waals surface area contributed by atoms with E-state index in [1.165, 1.54) is 0 Å². The molecule has 0 N–H and O–H groups in total. The van der Waals surface area contributed by atoms with Gasteiger partial charge in [0.05, 0.1) is 4.90 Å². The van der Waals surface area contributed by atoms with Crippen molar-refractivity contribution in [2.24, 2.45) is 0 Å². The van der Waals surface area contributed by atoms with Gasteiger partial charge in [-0.3, -0.25) is 0 Å². The van der Waals surface area contributed by atoms with E-state index in [-0.39, 0.29) is 29.1 Å². The van der Waals surface area contributed by atoms with E-state index >= 15 is 0 Å². The first-order valence-electron chi connectivity index (χ1n) is 9.52. The average Bonchev–Trinajstić information content (AvgIpc) is 3.49. The lowest BCUT2D eigenvalue weighted by Gasteiger charge is -2.05. The molecule has 0 amide bonds. The second-order valence-corrected chi connectivity index (χ2v) is 9.25. The molecule has 8 nitrogen and oxygen atoms in total. The lowest BCUT2D eigenvalue weighted by Crippen LogP contribution is -2.05. The molecule has 1 aliphatic heterocycles. The Bertz CT molecular complexity index is 1390. The summed E-state index contributed by atoms with van der Waals surface area (Å²) in [6.07, 6.45) is 0. The molecule has 0 fully saturated rings. The van der Waals surface area contributed by atoms with Crippen LogP contribution < -0.4 is 9.47 Å². The number of fused-ring (bicyclic) bond motifs is 1. The van der Waals surface area contributed by atoms with Gasteiger partial charge in [-0.2, -0.15) is 4.98 Å². The zero-order valence-electron chi connectivity index (χ0n) is 16.8. The largest absolute Gasteiger partial charge is 0.455 e. The van der Waals surface area contributed by atoms with Crippen molar-refractivity contribution in [3.8, 4) is 34.5 Å². The van der Waals surface area contributed by atoms with E-state index in [1.807, 2.05) is 13.8 Å². The van der Waals surface area contributed by atoms with E-state index in [1.54, 1.807) is 48.5 Å². The van der Waals surface area contributed by atoms with Crippen LogP contribution in [0.25, 0.3) is 23.0 Å². The highest BCUT2D eigenvalue weighted by Crippen LogP contribution is 2.35. The third kappa shape index (κ3) is 3.68. The van der Waals surface area contributed by atoms with Crippen LogP contribution >= 0.6 is 0 Å². The second kappa shape index (κ2) is 7.28. The SMILES string of the molecule is Cc1ccc(S(=O)(=O)Cc2ccc(-c3nc(-c4ccc5c(c4)OCO5)no3)o2)cc1C. The third-order valence-electron chi connectivity index (χ3n) is 5.10. The quantitative estimate of drug-likeness (QED) is 0.454. The monoisotopic (exact) mass is 438 g/mol. The highest BCUT2D eigenvalue weighted by molar-refractivity contribution is 7.90. The molecular formula is C22H18N2O6S. The van der Waals surface area contributed by atoms with E-state index < -0.39 is 9.84 Å². The number of furan rings is 1. The van der Waals surface area contributed by atoms with Gasteiger partial charge >= 0.3 is 0 Å². The van der Waals surface area contributed by atoms with E-state index in [0.717, 1.165) is 11.1 Å². The van der Waals surface area contributed by atoms with Gasteiger partial charge in [0.15, 0.2) is 27.1 Å². The Kier molecular flexibility index (Phi) is 4.55. The summed E-state index contributed by atoms with van der Waals surface area (Å²) in [6.45, 7) is 4.00. The number of aromatic nitrogens is 2. The van der Waals surface area contributed by atoms with E-state index in [4.69, 9.17) is 18.4 Å². The minimum Gasteiger partial charge on any atom is -0.455 e. The van der Waals surface area contributed by atoms with E-state index in [0.29, 0.717) is 28.6 Å². The zero-order valence-corrected chi connectivity index (χ0v) is 17.6. The van der Waals surface area contributed by atoms with Crippen molar-refractivity contribution in [3.63, 3.8) is 0 Å². The predicted octanol–water partition coefficient (Wildman–Crippen LogP) is 4.32. The number of hydrogen-bond donors (Lipinski definition) is 0. The minimum absolute atomic E-state index is 0.155. The highest BCUT2D eigenvalue weighted by Gasteiger charge is 2.21. The number of nitrogens with zero attached hydrogens (tertiary/aromatic N) is 2. The first-order chi connectivity index (χ1) is 14.9. The Labute approximate surface area is 178 Å². The maximum absolute atomic E-state index is 12.8. The molecule has 0 spiro atoms. The van der Waals surface area contributed by atoms with Crippen molar-refractivity contribution in [1.82, 2.24) is 10.1 Å². The van der Waals surface area contributed by atoms with Crippen molar-refractivity contribution in [2.75, 3.05) is 6.79 Å². The van der Waals surface area contributed by atoms with Crippen LogP contribution in [0.3, 0.4) is 0 Å². The van der Waals surface area contributed by atoms with Crippen LogP contribution in [0.15, 0.2) is 62.4 Å². The highest BCUT2D eigenvalue weighted by atomic mass is 32.2. The molecule has 0 aliphatic carbocycles. The molecule has 0 saturated carbocycles. The van der Waals surface area contributed by atoms with Crippen molar-refractivity contribution >= 4 is 9.84 Å². The Morgan fingerprint density at radius 3 is 2.61 bits per heavy atom. The zero-order chi connectivity index (χ0) is 21.6. The number of ether oxygens (including phenoxy) is 2. The minimum atomic E-state index is -3.55. The number of benzene rings is 2. The first-order valence-corrected chi connectivity index (χ1v) is 11.2. The topological polar surface area (TPSA) is 105 Å². The number of rotatable bonds is 5. The van der Waals surface area contributed by atoms with Crippen LogP contribution in [0.4, 0.5) is 0 Å². The van der Waals surface area contributed by atoms with Crippen LogP contribution in [-0.4, -0.2) is 25.4 Å². The fourth-order valence-electron chi connectivity index (χ4n) is 3.22. The molecule has 0 bridgehead atoms. The van der Waals surface area contributed by atoms with Gasteiger partial charge in [-0.05, 0) is 67.4 Å². The maximum Gasteiger partial charge on any atom is 0.293 e. The summed E-state index contributed by atoms with van der Waals surface area (Å²) in [4.78, 5) is 4.61. The summed E-state index contributed by atoms with van der Waals surface area (Å²) in [6, 6.07) is 13.6. The Morgan fingerprint density at radius 1 is 0.935 bits per heavy atom. The molecular weight excluding hydrogens is 420 g/mol. The van der Waals surface area contributed by atoms with Gasteiger partial charge in [0, 0.05) is 5.56 Å². The van der Waals surface area contributed by atoms with Gasteiger partial charge in [-0.15, -0.1) is 0 Å². The van der Waals surface area contributed by atoms with Gasteiger partial charge < -0.3 is 18.4 Å². The van der Waals surface area contributed by atoms with Gasteiger partial charge in [0.25, 0.3) is 5.89 Å². The van der Waals surface area contributed by atoms with Gasteiger partial charge in [-0.25, -0.2) is 8.42 Å². The van der Waals surface area contributed by atoms with Crippen LogP contribution in [0.5, 0.6) is 11.5 Å². The lowest BCUT2D eigenvalue weighted by molar-refractivity contribution is 0.174. The molecule has 2 aromatic carbocycles. The Morgan fingerprint density at radius 2 is 1.77 bits per heavy atom. The number of sulfone groups is 1. The van der Waals surface area contributed by atoms with Gasteiger partial charge in [-0.1, -0.05) is 11.2 Å². The Balaban J connectivity index is 1.37. The normalized spacial score (nSPS) is 13.0. The van der Waals surface area contributed by atoms with Crippen molar-refractivity contribution < 1.29 is 26.8 Å². The van der Waals surface area contributed by atoms with Gasteiger partial charge in [0.2, 0.25) is 12.6 Å². The summed E-state index contributed by atoms with van der Waals surface area (Å²) in [5.41, 5.74) is 2.65. The molecule has 2 aromatic heterocycles. The number of hydrogen-bond acceptors (Lipinski definition) is 8. The summed E-state index contributed by atoms with van der Waals surface area (Å²) in [5, 5.41) is 3.98. The summed E-state index contributed by atoms with van der Waals surface area (Å²) < 4.78 is 47.2. The molecule has 9 heteroatoms. The average molecular weight is 438 g/mol. The standard InChI is InChI=1S/C22H18N2O6S/c1-13-3-6-17(9-14(13)2)31(25,26)11-16-5-8-19(29-16)22-23-21(24-30-22)15-4-7-18-20(10-15)28-12-27-18/h3-10H,11-12H2,1-2H3. The molecule has 0 saturated heterocycles. The lowest BCUT2D eigenvalue weighted by atomic mass is 10.1. The van der Waals surface area contributed by atoms with Crippen molar-refractivity contribution in [1.29, 1.82) is 0 Å². The fraction of sp³-hybridized carbons (Fsp3) is 0.182. The molecule has 31 heavy (non-hydrogen) atoms. The molecule has 0 atom stereocenters. The molecule has 0 unspecified atom stereocenters.